The second kappa shape index (κ2) is 6.34. The summed E-state index contributed by atoms with van der Waals surface area (Å²) in [4.78, 5) is 10.6. The molecule has 0 N–H and O–H groups in total. The molecule has 2 heterocycles. The van der Waals surface area contributed by atoms with E-state index < -0.39 is 0 Å². The van der Waals surface area contributed by atoms with Crippen LogP contribution in [0.15, 0.2) is 48.7 Å². The molecule has 0 unspecified atom stereocenters. The SMILES string of the molecule is CN(C)c1nc(-c2ccccc2)c(Oc2ccnc(Cl)c2)s1. The van der Waals surface area contributed by atoms with Gasteiger partial charge >= 0.3 is 0 Å². The zero-order valence-electron chi connectivity index (χ0n) is 12.2. The molecule has 0 aliphatic heterocycles. The maximum Gasteiger partial charge on any atom is 0.210 e. The fourth-order valence-electron chi connectivity index (χ4n) is 1.89. The van der Waals surface area contributed by atoms with Gasteiger partial charge in [0, 0.05) is 31.9 Å². The van der Waals surface area contributed by atoms with E-state index in [1.54, 1.807) is 18.3 Å². The first-order valence-electron chi connectivity index (χ1n) is 6.66. The lowest BCUT2D eigenvalue weighted by atomic mass is 10.2. The van der Waals surface area contributed by atoms with Gasteiger partial charge in [0.1, 0.15) is 16.6 Å². The minimum atomic E-state index is 0.399. The van der Waals surface area contributed by atoms with Gasteiger partial charge in [-0.1, -0.05) is 53.3 Å². The summed E-state index contributed by atoms with van der Waals surface area (Å²) < 4.78 is 5.98. The van der Waals surface area contributed by atoms with Crippen molar-refractivity contribution in [3.8, 4) is 22.1 Å². The molecule has 0 spiro atoms. The summed E-state index contributed by atoms with van der Waals surface area (Å²) in [5, 5.41) is 2.02. The summed E-state index contributed by atoms with van der Waals surface area (Å²) in [6.45, 7) is 0. The van der Waals surface area contributed by atoms with Crippen LogP contribution in [0, 0.1) is 0 Å². The molecule has 22 heavy (non-hydrogen) atoms. The zero-order valence-corrected chi connectivity index (χ0v) is 13.7. The summed E-state index contributed by atoms with van der Waals surface area (Å²) in [5.41, 5.74) is 1.84. The quantitative estimate of drug-likeness (QED) is 0.648. The van der Waals surface area contributed by atoms with Crippen LogP contribution in [0.1, 0.15) is 0 Å². The number of hydrogen-bond donors (Lipinski definition) is 0. The van der Waals surface area contributed by atoms with Crippen LogP contribution in [-0.4, -0.2) is 24.1 Å². The first-order chi connectivity index (χ1) is 10.6. The summed E-state index contributed by atoms with van der Waals surface area (Å²) in [7, 11) is 3.92. The van der Waals surface area contributed by atoms with E-state index in [1.165, 1.54) is 11.3 Å². The molecule has 112 valence electrons. The first-order valence-corrected chi connectivity index (χ1v) is 7.86. The van der Waals surface area contributed by atoms with Crippen LogP contribution >= 0.6 is 22.9 Å². The molecular weight excluding hydrogens is 318 g/mol. The lowest BCUT2D eigenvalue weighted by Crippen LogP contribution is -2.07. The van der Waals surface area contributed by atoms with E-state index >= 15 is 0 Å². The molecule has 4 nitrogen and oxygen atoms in total. The Labute approximate surface area is 138 Å². The lowest BCUT2D eigenvalue weighted by molar-refractivity contribution is 0.496. The largest absolute Gasteiger partial charge is 0.444 e. The van der Waals surface area contributed by atoms with Gasteiger partial charge in [-0.2, -0.15) is 0 Å². The molecule has 1 aromatic carbocycles. The highest BCUT2D eigenvalue weighted by Crippen LogP contribution is 2.41. The fourth-order valence-corrected chi connectivity index (χ4v) is 2.94. The normalized spacial score (nSPS) is 10.5. The monoisotopic (exact) mass is 331 g/mol. The van der Waals surface area contributed by atoms with Gasteiger partial charge in [0.2, 0.25) is 5.06 Å². The summed E-state index contributed by atoms with van der Waals surface area (Å²) >= 11 is 7.40. The number of ether oxygens (including phenoxy) is 1. The van der Waals surface area contributed by atoms with Crippen molar-refractivity contribution in [2.75, 3.05) is 19.0 Å². The third kappa shape index (κ3) is 3.21. The van der Waals surface area contributed by atoms with E-state index in [0.29, 0.717) is 10.9 Å². The van der Waals surface area contributed by atoms with E-state index in [-0.39, 0.29) is 0 Å². The summed E-state index contributed by atoms with van der Waals surface area (Å²) in [5.74, 6) is 0.645. The van der Waals surface area contributed by atoms with Gasteiger partial charge in [-0.25, -0.2) is 9.97 Å². The second-order valence-corrected chi connectivity index (χ2v) is 6.14. The number of halogens is 1. The number of rotatable bonds is 4. The zero-order chi connectivity index (χ0) is 15.5. The molecule has 0 radical (unpaired) electrons. The van der Waals surface area contributed by atoms with Crippen LogP contribution in [0.25, 0.3) is 11.3 Å². The Morgan fingerprint density at radius 2 is 1.91 bits per heavy atom. The molecule has 3 aromatic rings. The maximum absolute atomic E-state index is 5.98. The Morgan fingerprint density at radius 3 is 2.59 bits per heavy atom. The third-order valence-electron chi connectivity index (χ3n) is 2.92. The number of anilines is 1. The minimum absolute atomic E-state index is 0.399. The molecule has 0 aliphatic carbocycles. The Kier molecular flexibility index (Phi) is 4.27. The predicted molar refractivity (Wildman–Crippen MR) is 91.2 cm³/mol. The molecule has 0 amide bonds. The molecule has 0 saturated heterocycles. The highest BCUT2D eigenvalue weighted by Gasteiger charge is 2.16. The summed E-state index contributed by atoms with van der Waals surface area (Å²) in [6, 6.07) is 13.4. The average Bonchev–Trinajstić information content (AvgIpc) is 2.92. The van der Waals surface area contributed by atoms with Crippen LogP contribution in [0.3, 0.4) is 0 Å². The van der Waals surface area contributed by atoms with Crippen molar-refractivity contribution in [2.45, 2.75) is 0 Å². The third-order valence-corrected chi connectivity index (χ3v) is 4.23. The van der Waals surface area contributed by atoms with Crippen molar-refractivity contribution in [3.63, 3.8) is 0 Å². The Morgan fingerprint density at radius 1 is 1.14 bits per heavy atom. The van der Waals surface area contributed by atoms with Crippen LogP contribution in [0.5, 0.6) is 10.8 Å². The number of pyridine rings is 1. The van der Waals surface area contributed by atoms with E-state index in [9.17, 15) is 0 Å². The number of thiazole rings is 1. The van der Waals surface area contributed by atoms with Crippen LogP contribution in [-0.2, 0) is 0 Å². The number of benzene rings is 1. The Hall–Kier alpha value is -2.11. The van der Waals surface area contributed by atoms with Crippen LogP contribution in [0.4, 0.5) is 5.13 Å². The second-order valence-electron chi connectivity index (χ2n) is 4.81. The van der Waals surface area contributed by atoms with Crippen LogP contribution in [0.2, 0.25) is 5.15 Å². The van der Waals surface area contributed by atoms with Gasteiger partial charge in [0.15, 0.2) is 5.13 Å². The van der Waals surface area contributed by atoms with E-state index in [0.717, 1.165) is 21.5 Å². The molecule has 0 bridgehead atoms. The maximum atomic E-state index is 5.98. The number of nitrogens with zero attached hydrogens (tertiary/aromatic N) is 3. The van der Waals surface area contributed by atoms with Gasteiger partial charge in [-0.05, 0) is 6.07 Å². The molecule has 0 aliphatic rings. The fraction of sp³-hybridized carbons (Fsp3) is 0.125. The topological polar surface area (TPSA) is 38.2 Å². The Balaban J connectivity index is 2.02. The van der Waals surface area contributed by atoms with Crippen LogP contribution < -0.4 is 9.64 Å². The van der Waals surface area contributed by atoms with Crippen molar-refractivity contribution >= 4 is 28.1 Å². The smallest absolute Gasteiger partial charge is 0.210 e. The van der Waals surface area contributed by atoms with Crippen molar-refractivity contribution in [1.29, 1.82) is 0 Å². The van der Waals surface area contributed by atoms with E-state index in [1.807, 2.05) is 49.3 Å². The van der Waals surface area contributed by atoms with Crippen molar-refractivity contribution < 1.29 is 4.74 Å². The minimum Gasteiger partial charge on any atom is -0.444 e. The van der Waals surface area contributed by atoms with Gasteiger partial charge in [0.05, 0.1) is 0 Å². The average molecular weight is 332 g/mol. The molecule has 0 atom stereocenters. The highest BCUT2D eigenvalue weighted by atomic mass is 35.5. The first kappa shape index (κ1) is 14.8. The molecule has 2 aromatic heterocycles. The molecule has 0 saturated carbocycles. The van der Waals surface area contributed by atoms with Crippen molar-refractivity contribution in [1.82, 2.24) is 9.97 Å². The van der Waals surface area contributed by atoms with E-state index in [4.69, 9.17) is 16.3 Å². The number of aromatic nitrogens is 2. The lowest BCUT2D eigenvalue weighted by Gasteiger charge is -2.05. The van der Waals surface area contributed by atoms with Gasteiger partial charge in [-0.15, -0.1) is 0 Å². The molecule has 6 heteroatoms. The Bertz CT molecular complexity index is 774. The van der Waals surface area contributed by atoms with Gasteiger partial charge < -0.3 is 9.64 Å². The van der Waals surface area contributed by atoms with Gasteiger partial charge in [0.25, 0.3) is 0 Å². The van der Waals surface area contributed by atoms with Crippen molar-refractivity contribution in [3.05, 3.63) is 53.8 Å². The van der Waals surface area contributed by atoms with E-state index in [2.05, 4.69) is 9.97 Å². The summed E-state index contributed by atoms with van der Waals surface area (Å²) in [6.07, 6.45) is 1.62. The standard InChI is InChI=1S/C16H14ClN3OS/c1-20(2)16-19-14(11-6-4-3-5-7-11)15(22-16)21-12-8-9-18-13(17)10-12/h3-10H,1-2H3. The molecule has 0 fully saturated rings. The highest BCUT2D eigenvalue weighted by molar-refractivity contribution is 7.17. The van der Waals surface area contributed by atoms with Crippen molar-refractivity contribution in [2.24, 2.45) is 0 Å². The molecular formula is C16H14ClN3OS. The van der Waals surface area contributed by atoms with Gasteiger partial charge in [-0.3, -0.25) is 0 Å². The molecule has 3 rings (SSSR count). The predicted octanol–water partition coefficient (Wildman–Crippen LogP) is 4.72. The number of hydrogen-bond acceptors (Lipinski definition) is 5.